The predicted octanol–water partition coefficient (Wildman–Crippen LogP) is 1.19. The lowest BCUT2D eigenvalue weighted by Gasteiger charge is -2.44. The highest BCUT2D eigenvalue weighted by atomic mass is 16.5. The number of hydrogen-bond acceptors (Lipinski definition) is 4. The van der Waals surface area contributed by atoms with E-state index in [1.54, 1.807) is 12.4 Å². The Morgan fingerprint density at radius 2 is 2.38 bits per heavy atom. The molecule has 0 bridgehead atoms. The summed E-state index contributed by atoms with van der Waals surface area (Å²) in [6.07, 6.45) is 3.49. The van der Waals surface area contributed by atoms with E-state index in [1.807, 2.05) is 6.07 Å². The molecule has 1 N–H and O–H groups in total. The molecule has 0 spiro atoms. The van der Waals surface area contributed by atoms with Crippen molar-refractivity contribution in [2.24, 2.45) is 0 Å². The molecule has 4 heteroatoms. The zero-order chi connectivity index (χ0) is 11.6. The second-order valence-corrected chi connectivity index (χ2v) is 4.68. The van der Waals surface area contributed by atoms with E-state index in [0.717, 1.165) is 24.4 Å². The van der Waals surface area contributed by atoms with Gasteiger partial charge in [-0.2, -0.15) is 0 Å². The van der Waals surface area contributed by atoms with E-state index < -0.39 is 0 Å². The summed E-state index contributed by atoms with van der Waals surface area (Å²) in [7, 11) is 0. The van der Waals surface area contributed by atoms with Gasteiger partial charge in [0, 0.05) is 30.2 Å². The molecule has 1 saturated heterocycles. The third kappa shape index (κ3) is 2.03. The highest BCUT2D eigenvalue weighted by molar-refractivity contribution is 5.54. The Morgan fingerprint density at radius 3 is 3.06 bits per heavy atom. The smallest absolute Gasteiger partial charge is 0.0717 e. The van der Waals surface area contributed by atoms with Crippen molar-refractivity contribution in [2.45, 2.75) is 26.0 Å². The van der Waals surface area contributed by atoms with Crippen molar-refractivity contribution < 1.29 is 9.84 Å². The minimum absolute atomic E-state index is 0.0244. The molecule has 1 aliphatic rings. The van der Waals surface area contributed by atoms with E-state index in [-0.39, 0.29) is 12.1 Å². The van der Waals surface area contributed by atoms with Crippen LogP contribution >= 0.6 is 0 Å². The molecule has 0 amide bonds. The molecule has 0 unspecified atom stereocenters. The van der Waals surface area contributed by atoms with Crippen molar-refractivity contribution in [3.63, 3.8) is 0 Å². The number of anilines is 1. The summed E-state index contributed by atoms with van der Waals surface area (Å²) in [6, 6.07) is 1.96. The molecule has 2 heterocycles. The molecule has 88 valence electrons. The van der Waals surface area contributed by atoms with E-state index in [2.05, 4.69) is 23.7 Å². The fourth-order valence-electron chi connectivity index (χ4n) is 2.11. The van der Waals surface area contributed by atoms with Crippen molar-refractivity contribution in [1.82, 2.24) is 4.98 Å². The second kappa shape index (κ2) is 4.39. The normalized spacial score (nSPS) is 19.8. The van der Waals surface area contributed by atoms with Crippen molar-refractivity contribution in [3.8, 4) is 0 Å². The highest BCUT2D eigenvalue weighted by Gasteiger charge is 2.31. The van der Waals surface area contributed by atoms with Gasteiger partial charge in [-0.25, -0.2) is 0 Å². The quantitative estimate of drug-likeness (QED) is 0.816. The van der Waals surface area contributed by atoms with Crippen LogP contribution in [0.1, 0.15) is 19.4 Å². The van der Waals surface area contributed by atoms with Crippen LogP contribution in [0.3, 0.4) is 0 Å². The van der Waals surface area contributed by atoms with E-state index in [1.165, 1.54) is 0 Å². The molecule has 1 fully saturated rings. The van der Waals surface area contributed by atoms with Crippen molar-refractivity contribution >= 4 is 5.69 Å². The van der Waals surface area contributed by atoms with Crippen LogP contribution in [0, 0.1) is 0 Å². The summed E-state index contributed by atoms with van der Waals surface area (Å²) in [6.45, 7) is 6.61. The zero-order valence-corrected chi connectivity index (χ0v) is 9.81. The van der Waals surface area contributed by atoms with Crippen LogP contribution < -0.4 is 4.90 Å². The first-order valence-corrected chi connectivity index (χ1v) is 5.54. The van der Waals surface area contributed by atoms with Gasteiger partial charge < -0.3 is 14.7 Å². The average Bonchev–Trinajstić information content (AvgIpc) is 2.28. The standard InChI is InChI=1S/C12H18N2O2/c1-12(2)9-16-6-5-14(12)11-3-4-13-7-10(11)8-15/h3-4,7,15H,5-6,8-9H2,1-2H3. The monoisotopic (exact) mass is 222 g/mol. The molecule has 0 radical (unpaired) electrons. The second-order valence-electron chi connectivity index (χ2n) is 4.68. The maximum Gasteiger partial charge on any atom is 0.0717 e. The summed E-state index contributed by atoms with van der Waals surface area (Å²) in [5.74, 6) is 0. The van der Waals surface area contributed by atoms with E-state index in [4.69, 9.17) is 4.74 Å². The van der Waals surface area contributed by atoms with Gasteiger partial charge in [0.1, 0.15) is 0 Å². The molecule has 16 heavy (non-hydrogen) atoms. The van der Waals surface area contributed by atoms with Gasteiger partial charge in [0.05, 0.1) is 25.4 Å². The first-order valence-electron chi connectivity index (χ1n) is 5.54. The number of nitrogens with zero attached hydrogens (tertiary/aromatic N) is 2. The number of aliphatic hydroxyl groups excluding tert-OH is 1. The van der Waals surface area contributed by atoms with E-state index in [9.17, 15) is 5.11 Å². The van der Waals surface area contributed by atoms with Crippen LogP contribution in [0.2, 0.25) is 0 Å². The van der Waals surface area contributed by atoms with Gasteiger partial charge in [0.15, 0.2) is 0 Å². The lowest BCUT2D eigenvalue weighted by Crippen LogP contribution is -2.53. The molecule has 1 aromatic heterocycles. The van der Waals surface area contributed by atoms with Gasteiger partial charge in [-0.1, -0.05) is 0 Å². The summed E-state index contributed by atoms with van der Waals surface area (Å²) in [4.78, 5) is 6.32. The predicted molar refractivity (Wildman–Crippen MR) is 62.4 cm³/mol. The number of ether oxygens (including phenoxy) is 1. The third-order valence-corrected chi connectivity index (χ3v) is 2.98. The maximum atomic E-state index is 9.32. The van der Waals surface area contributed by atoms with Crippen LogP contribution in [0.15, 0.2) is 18.5 Å². The largest absolute Gasteiger partial charge is 0.392 e. The van der Waals surface area contributed by atoms with Gasteiger partial charge in [0.2, 0.25) is 0 Å². The van der Waals surface area contributed by atoms with Crippen molar-refractivity contribution in [2.75, 3.05) is 24.7 Å². The Kier molecular flexibility index (Phi) is 3.12. The first-order chi connectivity index (χ1) is 7.65. The topological polar surface area (TPSA) is 45.6 Å². The van der Waals surface area contributed by atoms with Crippen LogP contribution in [0.25, 0.3) is 0 Å². The minimum Gasteiger partial charge on any atom is -0.392 e. The molecule has 0 saturated carbocycles. The number of aliphatic hydroxyl groups is 1. The lowest BCUT2D eigenvalue weighted by molar-refractivity contribution is 0.0641. The van der Waals surface area contributed by atoms with Crippen LogP contribution in [-0.2, 0) is 11.3 Å². The SMILES string of the molecule is CC1(C)COCCN1c1ccncc1CO. The Labute approximate surface area is 95.9 Å². The highest BCUT2D eigenvalue weighted by Crippen LogP contribution is 2.29. The Hall–Kier alpha value is -1.13. The van der Waals surface area contributed by atoms with E-state index in [0.29, 0.717) is 6.61 Å². The number of rotatable bonds is 2. The average molecular weight is 222 g/mol. The molecule has 0 aliphatic carbocycles. The Morgan fingerprint density at radius 1 is 1.56 bits per heavy atom. The molecule has 2 rings (SSSR count). The summed E-state index contributed by atoms with van der Waals surface area (Å²) in [5, 5.41) is 9.32. The third-order valence-electron chi connectivity index (χ3n) is 2.98. The Bertz CT molecular complexity index is 366. The number of morpholine rings is 1. The van der Waals surface area contributed by atoms with Crippen LogP contribution in [-0.4, -0.2) is 35.4 Å². The molecule has 1 aromatic rings. The minimum atomic E-state index is -0.0382. The van der Waals surface area contributed by atoms with Gasteiger partial charge in [-0.05, 0) is 19.9 Å². The molecule has 0 atom stereocenters. The first kappa shape index (κ1) is 11.4. The number of aromatic nitrogens is 1. The van der Waals surface area contributed by atoms with Crippen molar-refractivity contribution in [1.29, 1.82) is 0 Å². The van der Waals surface area contributed by atoms with Gasteiger partial charge >= 0.3 is 0 Å². The van der Waals surface area contributed by atoms with Crippen LogP contribution in [0.5, 0.6) is 0 Å². The van der Waals surface area contributed by atoms with E-state index >= 15 is 0 Å². The summed E-state index contributed by atoms with van der Waals surface area (Å²) >= 11 is 0. The fourth-order valence-corrected chi connectivity index (χ4v) is 2.11. The fraction of sp³-hybridized carbons (Fsp3) is 0.583. The van der Waals surface area contributed by atoms with Gasteiger partial charge in [-0.15, -0.1) is 0 Å². The zero-order valence-electron chi connectivity index (χ0n) is 9.81. The van der Waals surface area contributed by atoms with Gasteiger partial charge in [0.25, 0.3) is 0 Å². The van der Waals surface area contributed by atoms with Gasteiger partial charge in [-0.3, -0.25) is 4.98 Å². The number of hydrogen-bond donors (Lipinski definition) is 1. The summed E-state index contributed by atoms with van der Waals surface area (Å²) in [5.41, 5.74) is 1.90. The number of pyridine rings is 1. The maximum absolute atomic E-state index is 9.32. The molecule has 0 aromatic carbocycles. The Balaban J connectivity index is 2.34. The molecular weight excluding hydrogens is 204 g/mol. The molecular formula is C12H18N2O2. The summed E-state index contributed by atoms with van der Waals surface area (Å²) < 4.78 is 5.49. The lowest BCUT2D eigenvalue weighted by atomic mass is 10.0. The molecule has 1 aliphatic heterocycles. The van der Waals surface area contributed by atoms with Crippen LogP contribution in [0.4, 0.5) is 5.69 Å². The van der Waals surface area contributed by atoms with Crippen molar-refractivity contribution in [3.05, 3.63) is 24.0 Å². The molecule has 4 nitrogen and oxygen atoms in total.